The second kappa shape index (κ2) is 8.98. The van der Waals surface area contributed by atoms with Gasteiger partial charge in [0.25, 0.3) is 5.91 Å². The molecule has 1 atom stereocenters. The smallest absolute Gasteiger partial charge is 0.270 e. The minimum absolute atomic E-state index is 0.0421. The highest BCUT2D eigenvalue weighted by atomic mass is 16.4. The van der Waals surface area contributed by atoms with Crippen LogP contribution in [0.2, 0.25) is 0 Å². The average Bonchev–Trinajstić information content (AvgIpc) is 3.07. The lowest BCUT2D eigenvalue weighted by molar-refractivity contribution is -0.132. The van der Waals surface area contributed by atoms with Crippen LogP contribution >= 0.6 is 0 Å². The molecule has 0 bridgehead atoms. The van der Waals surface area contributed by atoms with Crippen LogP contribution in [-0.4, -0.2) is 86.5 Å². The number of fused-ring (bicyclic) bond motifs is 1. The number of nitrogens with zero attached hydrogens (tertiary/aromatic N) is 5. The van der Waals surface area contributed by atoms with E-state index in [9.17, 15) is 14.7 Å². The van der Waals surface area contributed by atoms with Crippen molar-refractivity contribution < 1.29 is 19.1 Å². The number of hydrogen-bond acceptors (Lipinski definition) is 9. The van der Waals surface area contributed by atoms with Gasteiger partial charge in [-0.15, -0.1) is 0 Å². The van der Waals surface area contributed by atoms with Gasteiger partial charge in [-0.25, -0.2) is 15.0 Å². The molecule has 31 heavy (non-hydrogen) atoms. The molecule has 2 amide bonds. The van der Waals surface area contributed by atoms with Gasteiger partial charge in [0.2, 0.25) is 5.91 Å². The molecule has 0 aliphatic carbocycles. The van der Waals surface area contributed by atoms with E-state index in [1.54, 1.807) is 11.0 Å². The summed E-state index contributed by atoms with van der Waals surface area (Å²) in [5.41, 5.74) is 1.13. The Bertz CT molecular complexity index is 957. The molecule has 2 aliphatic rings. The summed E-state index contributed by atoms with van der Waals surface area (Å²) in [5, 5.41) is 16.3. The molecule has 0 radical (unpaired) electrons. The van der Waals surface area contributed by atoms with E-state index >= 15 is 0 Å². The topological polar surface area (TPSA) is 137 Å². The number of aliphatic hydroxyl groups excluding tert-OH is 1. The van der Waals surface area contributed by atoms with Crippen molar-refractivity contribution in [1.29, 1.82) is 0 Å². The Labute approximate surface area is 179 Å². The predicted molar refractivity (Wildman–Crippen MR) is 110 cm³/mol. The summed E-state index contributed by atoms with van der Waals surface area (Å²) in [6.45, 7) is 6.53. The lowest BCUT2D eigenvalue weighted by Crippen LogP contribution is -2.56. The van der Waals surface area contributed by atoms with Crippen molar-refractivity contribution in [2.24, 2.45) is 0 Å². The second-order valence-electron chi connectivity index (χ2n) is 8.01. The maximum absolute atomic E-state index is 12.4. The molecule has 0 saturated carbocycles. The number of oxazole rings is 1. The third-order valence-corrected chi connectivity index (χ3v) is 5.46. The Hall–Kier alpha value is -3.05. The second-order valence-corrected chi connectivity index (χ2v) is 8.01. The van der Waals surface area contributed by atoms with E-state index in [0.717, 1.165) is 24.4 Å². The van der Waals surface area contributed by atoms with E-state index in [1.807, 2.05) is 6.92 Å². The maximum atomic E-state index is 12.4. The summed E-state index contributed by atoms with van der Waals surface area (Å²) in [6, 6.07) is 1.67. The number of carbonyl (C=O) groups is 2. The Morgan fingerprint density at radius 1 is 1.35 bits per heavy atom. The number of hydrogen-bond donors (Lipinski definition) is 3. The fourth-order valence-electron chi connectivity index (χ4n) is 3.80. The van der Waals surface area contributed by atoms with Gasteiger partial charge in [-0.05, 0) is 0 Å². The van der Waals surface area contributed by atoms with Crippen LogP contribution in [0.25, 0.3) is 0 Å². The van der Waals surface area contributed by atoms with Gasteiger partial charge in [0.1, 0.15) is 23.6 Å². The molecule has 4 rings (SSSR count). The molecule has 2 aromatic rings. The number of aromatic nitrogens is 3. The zero-order valence-corrected chi connectivity index (χ0v) is 17.7. The highest BCUT2D eigenvalue weighted by Gasteiger charge is 2.28. The van der Waals surface area contributed by atoms with E-state index in [2.05, 4.69) is 30.5 Å². The monoisotopic (exact) mass is 429 g/mol. The molecule has 3 N–H and O–H groups in total. The molecule has 11 heteroatoms. The molecule has 1 fully saturated rings. The number of β-amino-alcohol motifs (C(OH)–C–C–N with tert-alkyl or cyclic N) is 1. The van der Waals surface area contributed by atoms with Crippen LogP contribution in [0.1, 0.15) is 34.8 Å². The minimum atomic E-state index is -0.717. The fraction of sp³-hybridized carbons (Fsp3) is 0.550. The fourth-order valence-corrected chi connectivity index (χ4v) is 3.80. The van der Waals surface area contributed by atoms with E-state index in [1.165, 1.54) is 13.3 Å². The normalized spacial score (nSPS) is 17.6. The van der Waals surface area contributed by atoms with Crippen molar-refractivity contribution in [3.63, 3.8) is 0 Å². The number of amides is 2. The Kier molecular flexibility index (Phi) is 6.14. The molecule has 1 saturated heterocycles. The number of aliphatic hydroxyl groups is 1. The van der Waals surface area contributed by atoms with E-state index in [4.69, 9.17) is 4.42 Å². The van der Waals surface area contributed by atoms with Gasteiger partial charge < -0.3 is 25.1 Å². The first kappa shape index (κ1) is 21.2. The lowest BCUT2D eigenvalue weighted by Gasteiger charge is -2.39. The van der Waals surface area contributed by atoms with Crippen LogP contribution in [0.3, 0.4) is 0 Å². The Balaban J connectivity index is 1.23. The van der Waals surface area contributed by atoms with Crippen LogP contribution in [0, 0.1) is 6.92 Å². The van der Waals surface area contributed by atoms with Crippen LogP contribution in [-0.2, 0) is 17.8 Å². The summed E-state index contributed by atoms with van der Waals surface area (Å²) in [7, 11) is 0. The zero-order chi connectivity index (χ0) is 22.0. The number of nitrogens with one attached hydrogen (secondary N) is 2. The average molecular weight is 429 g/mol. The molecular weight excluding hydrogens is 402 g/mol. The summed E-state index contributed by atoms with van der Waals surface area (Å²) in [6.07, 6.45) is 1.36. The molecule has 2 aromatic heterocycles. The van der Waals surface area contributed by atoms with Crippen molar-refractivity contribution in [2.75, 3.05) is 38.0 Å². The molecule has 0 spiro atoms. The number of likely N-dealkylation sites (tertiary alicyclic amines) is 1. The predicted octanol–water partition coefficient (Wildman–Crippen LogP) is -0.435. The van der Waals surface area contributed by atoms with Gasteiger partial charge >= 0.3 is 0 Å². The summed E-state index contributed by atoms with van der Waals surface area (Å²) < 4.78 is 5.56. The molecular formula is C20H27N7O4. The van der Waals surface area contributed by atoms with Crippen molar-refractivity contribution in [2.45, 2.75) is 39.0 Å². The molecule has 4 heterocycles. The van der Waals surface area contributed by atoms with Gasteiger partial charge in [0.05, 0.1) is 17.8 Å². The molecule has 11 nitrogen and oxygen atoms in total. The molecule has 166 valence electrons. The quantitative estimate of drug-likeness (QED) is 0.535. The lowest BCUT2D eigenvalue weighted by atomic mass is 10.1. The number of anilines is 1. The first-order valence-corrected chi connectivity index (χ1v) is 10.3. The van der Waals surface area contributed by atoms with Crippen molar-refractivity contribution in [3.05, 3.63) is 35.4 Å². The van der Waals surface area contributed by atoms with Gasteiger partial charge in [-0.3, -0.25) is 14.5 Å². The minimum Gasteiger partial charge on any atom is -0.446 e. The molecule has 0 aromatic carbocycles. The largest absolute Gasteiger partial charge is 0.446 e. The number of aryl methyl sites for hydroxylation is 1. The van der Waals surface area contributed by atoms with Gasteiger partial charge in [-0.2, -0.15) is 0 Å². The Morgan fingerprint density at radius 2 is 2.16 bits per heavy atom. The van der Waals surface area contributed by atoms with Crippen LogP contribution in [0.15, 0.2) is 16.8 Å². The molecule has 2 aliphatic heterocycles. The van der Waals surface area contributed by atoms with E-state index in [-0.39, 0.29) is 30.1 Å². The maximum Gasteiger partial charge on any atom is 0.270 e. The van der Waals surface area contributed by atoms with Crippen LogP contribution < -0.4 is 10.6 Å². The number of rotatable bonds is 7. The van der Waals surface area contributed by atoms with Gasteiger partial charge in [0.15, 0.2) is 5.89 Å². The van der Waals surface area contributed by atoms with Gasteiger partial charge in [-0.1, -0.05) is 0 Å². The van der Waals surface area contributed by atoms with E-state index < -0.39 is 6.10 Å². The third-order valence-electron chi connectivity index (χ3n) is 5.46. The highest BCUT2D eigenvalue weighted by molar-refractivity contribution is 5.92. The third kappa shape index (κ3) is 5.17. The van der Waals surface area contributed by atoms with Crippen LogP contribution in [0.5, 0.6) is 0 Å². The van der Waals surface area contributed by atoms with Crippen molar-refractivity contribution >= 4 is 17.6 Å². The van der Waals surface area contributed by atoms with Crippen molar-refractivity contribution in [3.8, 4) is 0 Å². The first-order valence-electron chi connectivity index (χ1n) is 10.3. The van der Waals surface area contributed by atoms with Crippen LogP contribution in [0.4, 0.5) is 5.82 Å². The standard InChI is InChI=1S/C20H27N7O4/c1-12-24-17-10-26(4-3-18(17)31-12)9-15(29)6-21-20(30)16-5-19(23-11-22-16)25-14-7-27(8-14)13(2)28/h5,11,14-15,29H,3-4,6-10H2,1-2H3,(H,21,30)(H,22,23,25)/t15-/m0/s1. The number of carbonyl (C=O) groups excluding carboxylic acids is 2. The summed E-state index contributed by atoms with van der Waals surface area (Å²) in [4.78, 5) is 40.0. The van der Waals surface area contributed by atoms with Gasteiger partial charge in [0, 0.05) is 65.6 Å². The summed E-state index contributed by atoms with van der Waals surface area (Å²) in [5.74, 6) is 1.77. The molecule has 0 unspecified atom stereocenters. The first-order chi connectivity index (χ1) is 14.9. The Morgan fingerprint density at radius 3 is 2.94 bits per heavy atom. The summed E-state index contributed by atoms with van der Waals surface area (Å²) >= 11 is 0. The highest BCUT2D eigenvalue weighted by Crippen LogP contribution is 2.19. The zero-order valence-electron chi connectivity index (χ0n) is 17.7. The SMILES string of the molecule is CC(=O)N1CC(Nc2cc(C(=O)NC[C@H](O)CN3CCc4oc(C)nc4C3)ncn2)C1. The van der Waals surface area contributed by atoms with E-state index in [0.29, 0.717) is 37.9 Å². The van der Waals surface area contributed by atoms with Crippen molar-refractivity contribution in [1.82, 2.24) is 30.1 Å².